The van der Waals surface area contributed by atoms with Crippen LogP contribution in [-0.2, 0) is 6.42 Å². The van der Waals surface area contributed by atoms with E-state index in [0.29, 0.717) is 31.2 Å². The Bertz CT molecular complexity index is 1250. The molecule has 0 spiro atoms. The van der Waals surface area contributed by atoms with Gasteiger partial charge in [0.05, 0.1) is 5.69 Å². The summed E-state index contributed by atoms with van der Waals surface area (Å²) in [5, 5.41) is 15.0. The molecule has 166 valence electrons. The Hall–Kier alpha value is -3.64. The molecule has 0 bridgehead atoms. The maximum Gasteiger partial charge on any atom is 0.321 e. The lowest BCUT2D eigenvalue weighted by Gasteiger charge is -2.35. The Morgan fingerprint density at radius 1 is 0.818 bits per heavy atom. The minimum atomic E-state index is -0.105. The molecule has 1 aliphatic rings. The number of halogens is 1. The molecule has 4 aromatic rings. The van der Waals surface area contributed by atoms with Crippen molar-refractivity contribution < 1.29 is 4.79 Å². The van der Waals surface area contributed by atoms with Crippen LogP contribution < -0.4 is 10.2 Å². The molecule has 1 aromatic heterocycles. The van der Waals surface area contributed by atoms with Crippen LogP contribution in [0, 0.1) is 0 Å². The standard InChI is InChI=1S/C26H24ClN5O/c27-20-10-12-21(13-11-20)28-26(33)32-16-14-31(15-17-32)25-23-9-5-4-8-22(23)24(29-30-25)18-19-6-2-1-3-7-19/h1-13H,14-18H2,(H,28,33). The average Bonchev–Trinajstić information content (AvgIpc) is 2.86. The van der Waals surface area contributed by atoms with E-state index in [1.54, 1.807) is 24.3 Å². The van der Waals surface area contributed by atoms with E-state index in [-0.39, 0.29) is 6.03 Å². The lowest BCUT2D eigenvalue weighted by atomic mass is 10.0. The van der Waals surface area contributed by atoms with Crippen molar-refractivity contribution in [3.8, 4) is 0 Å². The first-order valence-corrected chi connectivity index (χ1v) is 11.4. The lowest BCUT2D eigenvalue weighted by Crippen LogP contribution is -2.50. The van der Waals surface area contributed by atoms with Crippen molar-refractivity contribution in [2.45, 2.75) is 6.42 Å². The molecular formula is C26H24ClN5O. The number of benzene rings is 3. The van der Waals surface area contributed by atoms with E-state index in [9.17, 15) is 4.79 Å². The minimum Gasteiger partial charge on any atom is -0.351 e. The van der Waals surface area contributed by atoms with Crippen molar-refractivity contribution >= 4 is 39.9 Å². The number of nitrogens with one attached hydrogen (secondary N) is 1. The predicted molar refractivity (Wildman–Crippen MR) is 133 cm³/mol. The molecule has 0 unspecified atom stereocenters. The van der Waals surface area contributed by atoms with Gasteiger partial charge in [0, 0.05) is 54.1 Å². The third-order valence-electron chi connectivity index (χ3n) is 5.92. The second-order valence-electron chi connectivity index (χ2n) is 8.09. The van der Waals surface area contributed by atoms with Crippen LogP contribution in [0.15, 0.2) is 78.9 Å². The van der Waals surface area contributed by atoms with Crippen LogP contribution in [0.2, 0.25) is 5.02 Å². The van der Waals surface area contributed by atoms with Crippen molar-refractivity contribution in [3.63, 3.8) is 0 Å². The fourth-order valence-corrected chi connectivity index (χ4v) is 4.28. The van der Waals surface area contributed by atoms with Crippen LogP contribution in [0.4, 0.5) is 16.3 Å². The molecular weight excluding hydrogens is 434 g/mol. The highest BCUT2D eigenvalue weighted by Gasteiger charge is 2.24. The number of carbonyl (C=O) groups excluding carboxylic acids is 1. The van der Waals surface area contributed by atoms with Crippen LogP contribution in [0.25, 0.3) is 10.8 Å². The summed E-state index contributed by atoms with van der Waals surface area (Å²) >= 11 is 5.92. The molecule has 0 aliphatic carbocycles. The Morgan fingerprint density at radius 3 is 2.21 bits per heavy atom. The molecule has 2 heterocycles. The maximum absolute atomic E-state index is 12.7. The van der Waals surface area contributed by atoms with Crippen molar-refractivity contribution in [1.29, 1.82) is 0 Å². The molecule has 0 radical (unpaired) electrons. The van der Waals surface area contributed by atoms with E-state index in [2.05, 4.69) is 44.7 Å². The highest BCUT2D eigenvalue weighted by Crippen LogP contribution is 2.28. The molecule has 3 aromatic carbocycles. The van der Waals surface area contributed by atoms with E-state index < -0.39 is 0 Å². The number of hydrogen-bond donors (Lipinski definition) is 1. The third-order valence-corrected chi connectivity index (χ3v) is 6.17. The number of anilines is 2. The highest BCUT2D eigenvalue weighted by molar-refractivity contribution is 6.30. The van der Waals surface area contributed by atoms with Crippen molar-refractivity contribution in [2.75, 3.05) is 36.4 Å². The van der Waals surface area contributed by atoms with E-state index in [1.807, 2.05) is 35.2 Å². The summed E-state index contributed by atoms with van der Waals surface area (Å²) in [7, 11) is 0. The SMILES string of the molecule is O=C(Nc1ccc(Cl)cc1)N1CCN(c2nnc(Cc3ccccc3)c3ccccc23)CC1. The van der Waals surface area contributed by atoms with Gasteiger partial charge in [-0.2, -0.15) is 5.10 Å². The predicted octanol–water partition coefficient (Wildman–Crippen LogP) is 5.23. The summed E-state index contributed by atoms with van der Waals surface area (Å²) in [5.74, 6) is 0.875. The van der Waals surface area contributed by atoms with Gasteiger partial charge in [0.1, 0.15) is 0 Å². The zero-order valence-electron chi connectivity index (χ0n) is 18.1. The number of piperazine rings is 1. The summed E-state index contributed by atoms with van der Waals surface area (Å²) in [6.45, 7) is 2.62. The number of aromatic nitrogens is 2. The van der Waals surface area contributed by atoms with Gasteiger partial charge in [-0.05, 0) is 29.8 Å². The molecule has 0 saturated carbocycles. The number of fused-ring (bicyclic) bond motifs is 1. The van der Waals surface area contributed by atoms with Crippen LogP contribution in [0.1, 0.15) is 11.3 Å². The summed E-state index contributed by atoms with van der Waals surface area (Å²) in [5.41, 5.74) is 2.92. The van der Waals surface area contributed by atoms with E-state index in [0.717, 1.165) is 34.4 Å². The Kier molecular flexibility index (Phi) is 6.09. The van der Waals surface area contributed by atoms with Crippen LogP contribution in [0.5, 0.6) is 0 Å². The number of carbonyl (C=O) groups is 1. The first-order chi connectivity index (χ1) is 16.2. The molecule has 0 atom stereocenters. The van der Waals surface area contributed by atoms with Crippen LogP contribution in [-0.4, -0.2) is 47.3 Å². The summed E-state index contributed by atoms with van der Waals surface area (Å²) < 4.78 is 0. The normalized spacial score (nSPS) is 13.8. The summed E-state index contributed by atoms with van der Waals surface area (Å²) in [6.07, 6.45) is 0.743. The number of amides is 2. The average molecular weight is 458 g/mol. The third kappa shape index (κ3) is 4.76. The van der Waals surface area contributed by atoms with Gasteiger partial charge in [0.15, 0.2) is 5.82 Å². The molecule has 2 amide bonds. The van der Waals surface area contributed by atoms with Gasteiger partial charge in [0.25, 0.3) is 0 Å². The number of urea groups is 1. The van der Waals surface area contributed by atoms with E-state index in [1.165, 1.54) is 5.56 Å². The fourth-order valence-electron chi connectivity index (χ4n) is 4.16. The fraction of sp³-hybridized carbons (Fsp3) is 0.192. The van der Waals surface area contributed by atoms with E-state index >= 15 is 0 Å². The molecule has 1 aliphatic heterocycles. The Morgan fingerprint density at radius 2 is 1.48 bits per heavy atom. The molecule has 1 saturated heterocycles. The quantitative estimate of drug-likeness (QED) is 0.456. The maximum atomic E-state index is 12.7. The summed E-state index contributed by atoms with van der Waals surface area (Å²) in [6, 6.07) is 25.6. The first kappa shape index (κ1) is 21.2. The number of rotatable bonds is 4. The van der Waals surface area contributed by atoms with Gasteiger partial charge in [-0.1, -0.05) is 66.2 Å². The second kappa shape index (κ2) is 9.46. The molecule has 6 nitrogen and oxygen atoms in total. The van der Waals surface area contributed by atoms with Crippen LogP contribution >= 0.6 is 11.6 Å². The van der Waals surface area contributed by atoms with Crippen LogP contribution in [0.3, 0.4) is 0 Å². The zero-order valence-corrected chi connectivity index (χ0v) is 18.9. The summed E-state index contributed by atoms with van der Waals surface area (Å²) in [4.78, 5) is 16.7. The monoisotopic (exact) mass is 457 g/mol. The van der Waals surface area contributed by atoms with Gasteiger partial charge in [-0.15, -0.1) is 5.10 Å². The molecule has 7 heteroatoms. The molecule has 5 rings (SSSR count). The number of hydrogen-bond acceptors (Lipinski definition) is 4. The van der Waals surface area contributed by atoms with Gasteiger partial charge in [-0.25, -0.2) is 4.79 Å². The van der Waals surface area contributed by atoms with Gasteiger partial charge < -0.3 is 15.1 Å². The smallest absolute Gasteiger partial charge is 0.321 e. The van der Waals surface area contributed by atoms with Gasteiger partial charge in [-0.3, -0.25) is 0 Å². The van der Waals surface area contributed by atoms with Gasteiger partial charge >= 0.3 is 6.03 Å². The Balaban J connectivity index is 1.30. The van der Waals surface area contributed by atoms with Crippen molar-refractivity contribution in [3.05, 3.63) is 95.1 Å². The molecule has 33 heavy (non-hydrogen) atoms. The van der Waals surface area contributed by atoms with Crippen molar-refractivity contribution in [2.24, 2.45) is 0 Å². The topological polar surface area (TPSA) is 61.4 Å². The lowest BCUT2D eigenvalue weighted by molar-refractivity contribution is 0.208. The first-order valence-electron chi connectivity index (χ1n) is 11.0. The highest BCUT2D eigenvalue weighted by atomic mass is 35.5. The molecule has 1 fully saturated rings. The van der Waals surface area contributed by atoms with E-state index in [4.69, 9.17) is 11.6 Å². The molecule has 1 N–H and O–H groups in total. The second-order valence-corrected chi connectivity index (χ2v) is 8.53. The van der Waals surface area contributed by atoms with Crippen molar-refractivity contribution in [1.82, 2.24) is 15.1 Å². The minimum absolute atomic E-state index is 0.105. The zero-order chi connectivity index (χ0) is 22.6. The number of nitrogens with zero attached hydrogens (tertiary/aromatic N) is 4. The Labute approximate surface area is 197 Å². The largest absolute Gasteiger partial charge is 0.351 e. The van der Waals surface area contributed by atoms with Gasteiger partial charge in [0.2, 0.25) is 0 Å².